The van der Waals surface area contributed by atoms with Crippen LogP contribution in [0.2, 0.25) is 0 Å². The Balaban J connectivity index is 1.59. The van der Waals surface area contributed by atoms with Gasteiger partial charge in [-0.05, 0) is 34.9 Å². The van der Waals surface area contributed by atoms with Gasteiger partial charge >= 0.3 is 5.76 Å². The van der Waals surface area contributed by atoms with Gasteiger partial charge in [0.1, 0.15) is 11.9 Å². The first-order valence-electron chi connectivity index (χ1n) is 9.89. The van der Waals surface area contributed by atoms with Gasteiger partial charge in [-0.1, -0.05) is 23.4 Å². The molecule has 2 aromatic carbocycles. The molecular weight excluding hydrogens is 408 g/mol. The van der Waals surface area contributed by atoms with E-state index >= 15 is 0 Å². The van der Waals surface area contributed by atoms with E-state index in [-0.39, 0.29) is 29.3 Å². The zero-order valence-corrected chi connectivity index (χ0v) is 17.0. The molecule has 32 heavy (non-hydrogen) atoms. The summed E-state index contributed by atoms with van der Waals surface area (Å²) in [5.41, 5.74) is 1.88. The molecule has 1 fully saturated rings. The van der Waals surface area contributed by atoms with Crippen LogP contribution in [0.15, 0.2) is 45.6 Å². The molecule has 0 aliphatic carbocycles. The quantitative estimate of drug-likeness (QED) is 0.553. The smallest absolute Gasteiger partial charge is 0.408 e. The van der Waals surface area contributed by atoms with Crippen LogP contribution < -0.4 is 16.4 Å². The Bertz CT molecular complexity index is 1290. The third-order valence-corrected chi connectivity index (χ3v) is 5.40. The Hall–Kier alpha value is -3.25. The number of hydrogen-bond acceptors (Lipinski definition) is 5. The minimum absolute atomic E-state index is 0.0326. The third kappa shape index (κ3) is 4.23. The van der Waals surface area contributed by atoms with Crippen molar-refractivity contribution in [1.29, 1.82) is 5.26 Å². The highest BCUT2D eigenvalue weighted by molar-refractivity contribution is 6.56. The Morgan fingerprint density at radius 3 is 2.56 bits per heavy atom. The summed E-state index contributed by atoms with van der Waals surface area (Å²) in [5.74, 6) is -1.73. The van der Waals surface area contributed by atoms with Crippen LogP contribution in [0.25, 0.3) is 22.2 Å². The maximum Gasteiger partial charge on any atom is 0.418 e. The first kappa shape index (κ1) is 22.0. The lowest BCUT2D eigenvalue weighted by atomic mass is 9.49. The normalized spacial score (nSPS) is 15.1. The van der Waals surface area contributed by atoms with Gasteiger partial charge in [0, 0.05) is 19.5 Å². The second-order valence-corrected chi connectivity index (χ2v) is 7.83. The second kappa shape index (κ2) is 8.36. The van der Waals surface area contributed by atoms with Gasteiger partial charge in [-0.25, -0.2) is 9.18 Å². The summed E-state index contributed by atoms with van der Waals surface area (Å²) in [7, 11) is 17.0. The van der Waals surface area contributed by atoms with E-state index in [1.54, 1.807) is 24.3 Å². The van der Waals surface area contributed by atoms with Gasteiger partial charge in [0.05, 0.1) is 41.0 Å². The molecule has 7 nitrogen and oxygen atoms in total. The highest BCUT2D eigenvalue weighted by Crippen LogP contribution is 2.27. The minimum Gasteiger partial charge on any atom is -0.408 e. The summed E-state index contributed by atoms with van der Waals surface area (Å²) < 4.78 is 20.8. The van der Waals surface area contributed by atoms with Crippen LogP contribution in [0.5, 0.6) is 0 Å². The van der Waals surface area contributed by atoms with E-state index in [9.17, 15) is 19.2 Å². The number of nitriles is 1. The number of hydrogen-bond donors (Lipinski definition) is 2. The molecule has 0 spiro atoms. The van der Waals surface area contributed by atoms with E-state index in [0.717, 1.165) is 4.57 Å². The number of rotatable bonds is 6. The zero-order valence-electron chi connectivity index (χ0n) is 17.0. The molecule has 0 bridgehead atoms. The van der Waals surface area contributed by atoms with Crippen molar-refractivity contribution < 1.29 is 13.6 Å². The molecule has 11 heteroatoms. The van der Waals surface area contributed by atoms with E-state index in [2.05, 4.69) is 10.6 Å². The van der Waals surface area contributed by atoms with Crippen molar-refractivity contribution >= 4 is 40.5 Å². The molecule has 6 radical (unpaired) electrons. The van der Waals surface area contributed by atoms with E-state index in [1.165, 1.54) is 12.1 Å². The first-order chi connectivity index (χ1) is 15.2. The van der Waals surface area contributed by atoms with Crippen molar-refractivity contribution in [3.63, 3.8) is 0 Å². The molecule has 1 atom stereocenters. The molecule has 1 amide bonds. The Labute approximate surface area is 187 Å². The van der Waals surface area contributed by atoms with Crippen LogP contribution in [0.1, 0.15) is 5.56 Å². The van der Waals surface area contributed by atoms with Gasteiger partial charge in [0.25, 0.3) is 0 Å². The van der Waals surface area contributed by atoms with E-state index < -0.39 is 22.9 Å². The Morgan fingerprint density at radius 2 is 1.97 bits per heavy atom. The largest absolute Gasteiger partial charge is 0.418 e. The molecule has 4 rings (SSSR count). The SMILES string of the molecule is [B]C([B])([B])n1c(=O)oc2ccc(-c3ccc(CC(C#N)NC(=O)C4CNC4)c(F)c3)cc21. The summed E-state index contributed by atoms with van der Waals surface area (Å²) in [6, 6.07) is 10.5. The van der Waals surface area contributed by atoms with Crippen LogP contribution in [0.4, 0.5) is 4.39 Å². The molecule has 154 valence electrons. The van der Waals surface area contributed by atoms with Crippen molar-refractivity contribution in [3.05, 3.63) is 58.3 Å². The maximum atomic E-state index is 14.8. The molecule has 0 saturated carbocycles. The lowest BCUT2D eigenvalue weighted by Gasteiger charge is -2.27. The number of carbonyl (C=O) groups is 1. The second-order valence-electron chi connectivity index (χ2n) is 7.83. The van der Waals surface area contributed by atoms with Crippen LogP contribution in [-0.4, -0.2) is 53.1 Å². The fraction of sp³-hybridized carbons (Fsp3) is 0.286. The number of oxazole rings is 1. The average Bonchev–Trinajstić information content (AvgIpc) is 3.02. The summed E-state index contributed by atoms with van der Waals surface area (Å²) in [6.45, 7) is 1.14. The lowest BCUT2D eigenvalue weighted by Crippen LogP contribution is -2.52. The predicted octanol–water partition coefficient (Wildman–Crippen LogP) is 0.244. The van der Waals surface area contributed by atoms with Crippen molar-refractivity contribution in [1.82, 2.24) is 15.2 Å². The van der Waals surface area contributed by atoms with Crippen molar-refractivity contribution in [2.45, 2.75) is 17.7 Å². The predicted molar refractivity (Wildman–Crippen MR) is 119 cm³/mol. The molecule has 1 unspecified atom stereocenters. The monoisotopic (exact) mass is 424 g/mol. The number of fused-ring (bicyclic) bond motifs is 1. The molecule has 2 N–H and O–H groups in total. The van der Waals surface area contributed by atoms with Gasteiger partial charge in [-0.2, -0.15) is 5.26 Å². The van der Waals surface area contributed by atoms with Crippen molar-refractivity contribution in [2.75, 3.05) is 13.1 Å². The highest BCUT2D eigenvalue weighted by Gasteiger charge is 2.27. The number of nitrogens with zero attached hydrogens (tertiary/aromatic N) is 2. The average molecular weight is 424 g/mol. The van der Waals surface area contributed by atoms with E-state index in [0.29, 0.717) is 29.8 Å². The summed E-state index contributed by atoms with van der Waals surface area (Å²) in [4.78, 5) is 24.1. The topological polar surface area (TPSA) is 100 Å². The molecule has 3 aromatic rings. The van der Waals surface area contributed by atoms with Crippen molar-refractivity contribution in [2.24, 2.45) is 5.92 Å². The number of amides is 1. The fourth-order valence-electron chi connectivity index (χ4n) is 3.57. The molecule has 1 aromatic heterocycles. The number of halogens is 1. The maximum absolute atomic E-state index is 14.8. The number of benzene rings is 2. The summed E-state index contributed by atoms with van der Waals surface area (Å²) in [6.07, 6.45) is 0.0326. The number of nitrogens with one attached hydrogen (secondary N) is 2. The van der Waals surface area contributed by atoms with Gasteiger partial charge < -0.3 is 15.1 Å². The van der Waals surface area contributed by atoms with Crippen LogP contribution in [-0.2, 0) is 16.5 Å². The lowest BCUT2D eigenvalue weighted by molar-refractivity contribution is -0.126. The van der Waals surface area contributed by atoms with E-state index in [4.69, 9.17) is 28.0 Å². The standard InChI is InChI=1S/C21H16B3FN4O3/c22-21(23,24)29-17-7-12(3-4-18(17)32-20(29)31)11-1-2-13(16(25)6-11)5-15(8-26)28-19(30)14-9-27-10-14/h1-4,6-7,14-15,27H,5,9-10H2,(H,28,30). The summed E-state index contributed by atoms with van der Waals surface area (Å²) in [5, 5.41) is 13.0. The van der Waals surface area contributed by atoms with Gasteiger partial charge in [-0.3, -0.25) is 9.36 Å². The van der Waals surface area contributed by atoms with Gasteiger partial charge in [0.2, 0.25) is 5.91 Å². The minimum atomic E-state index is -1.97. The Morgan fingerprint density at radius 1 is 1.28 bits per heavy atom. The van der Waals surface area contributed by atoms with Crippen molar-refractivity contribution in [3.8, 4) is 17.2 Å². The van der Waals surface area contributed by atoms with E-state index in [1.807, 2.05) is 6.07 Å². The van der Waals surface area contributed by atoms with Crippen LogP contribution in [0, 0.1) is 23.1 Å². The number of aromatic nitrogens is 1. The first-order valence-corrected chi connectivity index (χ1v) is 9.89. The molecule has 1 aliphatic heterocycles. The Kier molecular flexibility index (Phi) is 5.74. The molecular formula is C21H16B3FN4O3. The third-order valence-electron chi connectivity index (χ3n) is 5.40. The van der Waals surface area contributed by atoms with Crippen LogP contribution in [0.3, 0.4) is 0 Å². The number of carbonyl (C=O) groups excluding carboxylic acids is 1. The highest BCUT2D eigenvalue weighted by atomic mass is 19.1. The fourth-order valence-corrected chi connectivity index (χ4v) is 3.57. The summed E-state index contributed by atoms with van der Waals surface area (Å²) >= 11 is 0. The molecule has 2 heterocycles. The van der Waals surface area contributed by atoms with Gasteiger partial charge in [-0.15, -0.1) is 0 Å². The zero-order chi connectivity index (χ0) is 23.0. The van der Waals surface area contributed by atoms with Crippen LogP contribution >= 0.6 is 0 Å². The van der Waals surface area contributed by atoms with Gasteiger partial charge in [0.15, 0.2) is 5.58 Å². The molecule has 1 aliphatic rings. The molecule has 1 saturated heterocycles.